The monoisotopic (exact) mass is 312 g/mol. The lowest BCUT2D eigenvalue weighted by Crippen LogP contribution is -2.51. The van der Waals surface area contributed by atoms with Crippen LogP contribution < -0.4 is 15.8 Å². The van der Waals surface area contributed by atoms with Crippen molar-refractivity contribution in [2.45, 2.75) is 57.7 Å². The molecule has 1 aromatic rings. The van der Waals surface area contributed by atoms with Gasteiger partial charge < -0.3 is 15.8 Å². The van der Waals surface area contributed by atoms with Crippen molar-refractivity contribution in [1.82, 2.24) is 5.32 Å². The number of hydrogen-bond donors (Lipinski definition) is 2. The van der Waals surface area contributed by atoms with E-state index in [1.807, 2.05) is 38.1 Å². The van der Waals surface area contributed by atoms with Gasteiger partial charge in [0.25, 0.3) is 0 Å². The lowest BCUT2D eigenvalue weighted by Gasteiger charge is -2.22. The molecule has 0 bridgehead atoms. The molecule has 118 valence electrons. The summed E-state index contributed by atoms with van der Waals surface area (Å²) in [5.41, 5.74) is 6.51. The van der Waals surface area contributed by atoms with Gasteiger partial charge in [0.05, 0.1) is 11.6 Å². The van der Waals surface area contributed by atoms with Crippen molar-refractivity contribution >= 4 is 18.3 Å². The summed E-state index contributed by atoms with van der Waals surface area (Å²) in [4.78, 5) is 12.1. The molecule has 0 radical (unpaired) electrons. The first-order valence-corrected chi connectivity index (χ1v) is 7.32. The van der Waals surface area contributed by atoms with Gasteiger partial charge in [-0.3, -0.25) is 4.79 Å². The van der Waals surface area contributed by atoms with E-state index in [4.69, 9.17) is 10.5 Å². The molecule has 5 heteroatoms. The molecule has 1 aliphatic rings. The maximum atomic E-state index is 12.1. The number of nitrogens with two attached hydrogens (primary N) is 1. The zero-order valence-electron chi connectivity index (χ0n) is 12.7. The van der Waals surface area contributed by atoms with E-state index in [9.17, 15) is 4.79 Å². The predicted octanol–water partition coefficient (Wildman–Crippen LogP) is 2.78. The van der Waals surface area contributed by atoms with E-state index in [2.05, 4.69) is 5.32 Å². The van der Waals surface area contributed by atoms with Crippen LogP contribution in [0, 0.1) is 0 Å². The molecule has 21 heavy (non-hydrogen) atoms. The molecule has 3 N–H and O–H groups in total. The topological polar surface area (TPSA) is 64.3 Å². The third-order valence-electron chi connectivity index (χ3n) is 3.70. The Morgan fingerprint density at radius 2 is 1.86 bits per heavy atom. The Hall–Kier alpha value is -1.26. The van der Waals surface area contributed by atoms with Gasteiger partial charge in [-0.2, -0.15) is 0 Å². The van der Waals surface area contributed by atoms with Gasteiger partial charge in [0.2, 0.25) is 5.91 Å². The molecule has 1 amide bonds. The third-order valence-corrected chi connectivity index (χ3v) is 3.70. The van der Waals surface area contributed by atoms with Crippen LogP contribution in [0.2, 0.25) is 0 Å². The number of amides is 1. The molecule has 0 aromatic heterocycles. The summed E-state index contributed by atoms with van der Waals surface area (Å²) in [5, 5.41) is 2.94. The first kappa shape index (κ1) is 17.8. The first-order valence-electron chi connectivity index (χ1n) is 7.32. The summed E-state index contributed by atoms with van der Waals surface area (Å²) in [7, 11) is 0. The highest BCUT2D eigenvalue weighted by Gasteiger charge is 2.36. The van der Waals surface area contributed by atoms with Crippen LogP contribution in [0.1, 0.15) is 45.1 Å². The standard InChI is InChI=1S/C16H24N2O2.ClH/c1-12(2)20-14-7-5-13(6-8-14)11-18-15(19)16(17)9-3-4-10-16;/h5-8,12H,3-4,9-11,17H2,1-2H3,(H,18,19);1H. The van der Waals surface area contributed by atoms with Crippen LogP contribution in [0.25, 0.3) is 0 Å². The molecular weight excluding hydrogens is 288 g/mol. The third kappa shape index (κ3) is 4.90. The Morgan fingerprint density at radius 1 is 1.29 bits per heavy atom. The van der Waals surface area contributed by atoms with E-state index in [0.29, 0.717) is 6.54 Å². The normalized spacial score (nSPS) is 16.4. The van der Waals surface area contributed by atoms with Crippen LogP contribution in [-0.4, -0.2) is 17.6 Å². The van der Waals surface area contributed by atoms with Crippen molar-refractivity contribution in [3.63, 3.8) is 0 Å². The van der Waals surface area contributed by atoms with Crippen molar-refractivity contribution in [2.75, 3.05) is 0 Å². The summed E-state index contributed by atoms with van der Waals surface area (Å²) < 4.78 is 5.58. The number of carbonyl (C=O) groups is 1. The predicted molar refractivity (Wildman–Crippen MR) is 86.7 cm³/mol. The number of hydrogen-bond acceptors (Lipinski definition) is 3. The number of rotatable bonds is 5. The van der Waals surface area contributed by atoms with Crippen molar-refractivity contribution in [2.24, 2.45) is 5.73 Å². The zero-order chi connectivity index (χ0) is 14.6. The van der Waals surface area contributed by atoms with Gasteiger partial charge in [-0.15, -0.1) is 12.4 Å². The van der Waals surface area contributed by atoms with E-state index >= 15 is 0 Å². The van der Waals surface area contributed by atoms with Crippen LogP contribution in [0.3, 0.4) is 0 Å². The average Bonchev–Trinajstić information content (AvgIpc) is 2.85. The minimum absolute atomic E-state index is 0. The quantitative estimate of drug-likeness (QED) is 0.878. The molecule has 0 unspecified atom stereocenters. The van der Waals surface area contributed by atoms with Crippen LogP contribution in [0.5, 0.6) is 5.75 Å². The van der Waals surface area contributed by atoms with Gasteiger partial charge in [0, 0.05) is 6.54 Å². The van der Waals surface area contributed by atoms with Crippen molar-refractivity contribution < 1.29 is 9.53 Å². The van der Waals surface area contributed by atoms with E-state index in [1.54, 1.807) is 0 Å². The highest BCUT2D eigenvalue weighted by atomic mass is 35.5. The van der Waals surface area contributed by atoms with E-state index in [1.165, 1.54) is 0 Å². The molecular formula is C16H25ClN2O2. The highest BCUT2D eigenvalue weighted by Crippen LogP contribution is 2.27. The Kier molecular flexibility index (Phi) is 6.49. The molecule has 1 saturated carbocycles. The molecule has 1 aliphatic carbocycles. The molecule has 4 nitrogen and oxygen atoms in total. The molecule has 2 rings (SSSR count). The van der Waals surface area contributed by atoms with Gasteiger partial charge >= 0.3 is 0 Å². The van der Waals surface area contributed by atoms with Crippen LogP contribution >= 0.6 is 12.4 Å². The fourth-order valence-electron chi connectivity index (χ4n) is 2.55. The van der Waals surface area contributed by atoms with Gasteiger partial charge in [-0.1, -0.05) is 25.0 Å². The smallest absolute Gasteiger partial charge is 0.240 e. The second kappa shape index (κ2) is 7.66. The average molecular weight is 313 g/mol. The fraction of sp³-hybridized carbons (Fsp3) is 0.562. The number of benzene rings is 1. The highest BCUT2D eigenvalue weighted by molar-refractivity contribution is 5.86. The maximum Gasteiger partial charge on any atom is 0.240 e. The van der Waals surface area contributed by atoms with Gasteiger partial charge in [-0.05, 0) is 44.4 Å². The minimum atomic E-state index is -0.652. The fourth-order valence-corrected chi connectivity index (χ4v) is 2.55. The first-order chi connectivity index (χ1) is 9.49. The minimum Gasteiger partial charge on any atom is -0.491 e. The van der Waals surface area contributed by atoms with Crippen LogP contribution in [0.15, 0.2) is 24.3 Å². The largest absolute Gasteiger partial charge is 0.491 e. The van der Waals surface area contributed by atoms with E-state index < -0.39 is 5.54 Å². The maximum absolute atomic E-state index is 12.1. The summed E-state index contributed by atoms with van der Waals surface area (Å²) in [6.07, 6.45) is 3.84. The summed E-state index contributed by atoms with van der Waals surface area (Å²) in [6.45, 7) is 4.51. The van der Waals surface area contributed by atoms with Gasteiger partial charge in [0.1, 0.15) is 5.75 Å². The number of halogens is 1. The molecule has 0 atom stereocenters. The van der Waals surface area contributed by atoms with E-state index in [0.717, 1.165) is 37.0 Å². The molecule has 0 spiro atoms. The Balaban J connectivity index is 0.00000220. The van der Waals surface area contributed by atoms with Crippen molar-refractivity contribution in [3.05, 3.63) is 29.8 Å². The Morgan fingerprint density at radius 3 is 2.38 bits per heavy atom. The number of ether oxygens (including phenoxy) is 1. The van der Waals surface area contributed by atoms with Crippen LogP contribution in [-0.2, 0) is 11.3 Å². The summed E-state index contributed by atoms with van der Waals surface area (Å²) in [5.74, 6) is 0.818. The van der Waals surface area contributed by atoms with Crippen molar-refractivity contribution in [3.8, 4) is 5.75 Å². The van der Waals surface area contributed by atoms with Crippen molar-refractivity contribution in [1.29, 1.82) is 0 Å². The Labute approximate surface area is 132 Å². The van der Waals surface area contributed by atoms with Gasteiger partial charge in [-0.25, -0.2) is 0 Å². The number of carbonyl (C=O) groups excluding carboxylic acids is 1. The van der Waals surface area contributed by atoms with Crippen LogP contribution in [0.4, 0.5) is 0 Å². The lowest BCUT2D eigenvalue weighted by atomic mass is 9.98. The van der Waals surface area contributed by atoms with Gasteiger partial charge in [0.15, 0.2) is 0 Å². The SMILES string of the molecule is CC(C)Oc1ccc(CNC(=O)C2(N)CCCC2)cc1.Cl. The molecule has 1 fully saturated rings. The lowest BCUT2D eigenvalue weighted by molar-refractivity contribution is -0.126. The number of nitrogens with one attached hydrogen (secondary N) is 1. The van der Waals surface area contributed by atoms with E-state index in [-0.39, 0.29) is 24.4 Å². The second-order valence-corrected chi connectivity index (χ2v) is 5.86. The molecule has 0 saturated heterocycles. The molecule has 1 aromatic carbocycles. The molecule has 0 aliphatic heterocycles. The second-order valence-electron chi connectivity index (χ2n) is 5.86. The zero-order valence-corrected chi connectivity index (χ0v) is 13.5. The summed E-state index contributed by atoms with van der Waals surface area (Å²) >= 11 is 0. The Bertz CT molecular complexity index is 454. The molecule has 0 heterocycles. The summed E-state index contributed by atoms with van der Waals surface area (Å²) in [6, 6.07) is 7.79.